The molecule has 0 spiro atoms. The summed E-state index contributed by atoms with van der Waals surface area (Å²) in [6.07, 6.45) is 3.84. The van der Waals surface area contributed by atoms with Gasteiger partial charge in [0.15, 0.2) is 11.3 Å². The first-order chi connectivity index (χ1) is 13.6. The van der Waals surface area contributed by atoms with Crippen molar-refractivity contribution in [1.29, 1.82) is 0 Å². The van der Waals surface area contributed by atoms with Crippen molar-refractivity contribution < 1.29 is 14.4 Å². The Morgan fingerprint density at radius 1 is 1.32 bits per heavy atom. The minimum Gasteiger partial charge on any atom is -0.396 e. The molecule has 1 aromatic carbocycles. The number of nitrogens with zero attached hydrogens (tertiary/aromatic N) is 5. The molecule has 142 valence electrons. The first-order valence-electron chi connectivity index (χ1n) is 8.45. The van der Waals surface area contributed by atoms with Crippen LogP contribution < -0.4 is 5.32 Å². The van der Waals surface area contributed by atoms with Crippen LogP contribution in [-0.2, 0) is 13.0 Å². The van der Waals surface area contributed by atoms with Crippen LogP contribution in [-0.4, -0.2) is 42.4 Å². The molecule has 0 aliphatic rings. The standard InChI is InChI=1S/C18H15ClN6O3/c19-13-4-2-1-3-12(13)17-22-16(28-24-17)9-21-18(27)14-7-15-20-8-11(5-6-26)10-25(15)23-14/h1-4,7-8,10,26H,5-6,9H2,(H,21,27). The van der Waals surface area contributed by atoms with Crippen molar-refractivity contribution in [3.63, 3.8) is 0 Å². The van der Waals surface area contributed by atoms with Crippen LogP contribution in [0.5, 0.6) is 0 Å². The molecule has 28 heavy (non-hydrogen) atoms. The Hall–Kier alpha value is -3.30. The van der Waals surface area contributed by atoms with E-state index >= 15 is 0 Å². The van der Waals surface area contributed by atoms with Crippen LogP contribution in [0.2, 0.25) is 5.02 Å². The SMILES string of the molecule is O=C(NCc1nc(-c2ccccc2Cl)no1)c1cc2ncc(CCO)cn2n1. The van der Waals surface area contributed by atoms with E-state index in [0.29, 0.717) is 28.5 Å². The summed E-state index contributed by atoms with van der Waals surface area (Å²) in [6, 6.07) is 8.72. The molecule has 3 aromatic heterocycles. The summed E-state index contributed by atoms with van der Waals surface area (Å²) >= 11 is 6.12. The molecule has 0 aliphatic heterocycles. The van der Waals surface area contributed by atoms with E-state index in [1.165, 1.54) is 4.52 Å². The average molecular weight is 399 g/mol. The van der Waals surface area contributed by atoms with E-state index in [1.807, 2.05) is 12.1 Å². The lowest BCUT2D eigenvalue weighted by Crippen LogP contribution is -2.23. The molecule has 0 radical (unpaired) electrons. The Labute approximate surface area is 164 Å². The lowest BCUT2D eigenvalue weighted by Gasteiger charge is -1.98. The summed E-state index contributed by atoms with van der Waals surface area (Å²) in [4.78, 5) is 20.8. The number of carbonyl (C=O) groups excluding carboxylic acids is 1. The molecule has 1 amide bonds. The second-order valence-corrected chi connectivity index (χ2v) is 6.35. The van der Waals surface area contributed by atoms with Crippen molar-refractivity contribution in [3.05, 3.63) is 64.9 Å². The van der Waals surface area contributed by atoms with E-state index in [0.717, 1.165) is 5.56 Å². The van der Waals surface area contributed by atoms with Gasteiger partial charge >= 0.3 is 0 Å². The molecule has 0 unspecified atom stereocenters. The van der Waals surface area contributed by atoms with E-state index in [-0.39, 0.29) is 24.7 Å². The summed E-state index contributed by atoms with van der Waals surface area (Å²) in [5.74, 6) is 0.199. The van der Waals surface area contributed by atoms with Crippen molar-refractivity contribution in [2.75, 3.05) is 6.61 Å². The number of aliphatic hydroxyl groups is 1. The number of aliphatic hydroxyl groups excluding tert-OH is 1. The largest absolute Gasteiger partial charge is 0.396 e. The predicted molar refractivity (Wildman–Crippen MR) is 99.7 cm³/mol. The highest BCUT2D eigenvalue weighted by molar-refractivity contribution is 6.33. The molecule has 3 heterocycles. The summed E-state index contributed by atoms with van der Waals surface area (Å²) < 4.78 is 6.67. The van der Waals surface area contributed by atoms with Crippen LogP contribution in [0.3, 0.4) is 0 Å². The van der Waals surface area contributed by atoms with Crippen LogP contribution in [0.25, 0.3) is 17.0 Å². The molecule has 0 aliphatic carbocycles. The second kappa shape index (κ2) is 7.75. The van der Waals surface area contributed by atoms with Crippen molar-refractivity contribution in [1.82, 2.24) is 30.1 Å². The summed E-state index contributed by atoms with van der Waals surface area (Å²) in [7, 11) is 0. The van der Waals surface area contributed by atoms with Gasteiger partial charge in [-0.05, 0) is 24.1 Å². The van der Waals surface area contributed by atoms with Crippen molar-refractivity contribution >= 4 is 23.2 Å². The molecule has 9 nitrogen and oxygen atoms in total. The third-order valence-electron chi connectivity index (χ3n) is 3.98. The molecule has 0 saturated heterocycles. The van der Waals surface area contributed by atoms with Gasteiger partial charge in [-0.25, -0.2) is 9.50 Å². The molecule has 4 rings (SSSR count). The zero-order valence-corrected chi connectivity index (χ0v) is 15.3. The molecule has 0 fully saturated rings. The molecule has 2 N–H and O–H groups in total. The number of aromatic nitrogens is 5. The topological polar surface area (TPSA) is 118 Å². The van der Waals surface area contributed by atoms with Gasteiger partial charge in [-0.3, -0.25) is 4.79 Å². The van der Waals surface area contributed by atoms with E-state index in [1.54, 1.807) is 30.6 Å². The maximum absolute atomic E-state index is 12.4. The van der Waals surface area contributed by atoms with Crippen LogP contribution in [0.1, 0.15) is 21.9 Å². The number of hydrogen-bond donors (Lipinski definition) is 2. The molecular weight excluding hydrogens is 384 g/mol. The quantitative estimate of drug-likeness (QED) is 0.509. The highest BCUT2D eigenvalue weighted by atomic mass is 35.5. The van der Waals surface area contributed by atoms with Gasteiger partial charge in [0.05, 0.1) is 11.6 Å². The van der Waals surface area contributed by atoms with Crippen molar-refractivity contribution in [2.45, 2.75) is 13.0 Å². The zero-order chi connectivity index (χ0) is 19.5. The van der Waals surface area contributed by atoms with E-state index < -0.39 is 5.91 Å². The van der Waals surface area contributed by atoms with Gasteiger partial charge in [-0.15, -0.1) is 0 Å². The summed E-state index contributed by atoms with van der Waals surface area (Å²) in [5, 5.41) is 20.3. The van der Waals surface area contributed by atoms with Crippen LogP contribution >= 0.6 is 11.6 Å². The normalized spacial score (nSPS) is 11.1. The van der Waals surface area contributed by atoms with Crippen LogP contribution in [0.4, 0.5) is 0 Å². The number of fused-ring (bicyclic) bond motifs is 1. The lowest BCUT2D eigenvalue weighted by molar-refractivity contribution is 0.0941. The van der Waals surface area contributed by atoms with E-state index in [4.69, 9.17) is 21.2 Å². The minimum atomic E-state index is -0.397. The second-order valence-electron chi connectivity index (χ2n) is 5.94. The Bertz CT molecular complexity index is 1140. The maximum atomic E-state index is 12.4. The molecule has 0 bridgehead atoms. The smallest absolute Gasteiger partial charge is 0.272 e. The summed E-state index contributed by atoms with van der Waals surface area (Å²) in [6.45, 7) is 0.0650. The number of rotatable bonds is 6. The monoisotopic (exact) mass is 398 g/mol. The van der Waals surface area contributed by atoms with Gasteiger partial charge in [0.2, 0.25) is 11.7 Å². The Morgan fingerprint density at radius 3 is 3.00 bits per heavy atom. The maximum Gasteiger partial charge on any atom is 0.272 e. The number of benzene rings is 1. The van der Waals surface area contributed by atoms with Gasteiger partial charge < -0.3 is 14.9 Å². The molecule has 4 aromatic rings. The Morgan fingerprint density at radius 2 is 2.18 bits per heavy atom. The van der Waals surface area contributed by atoms with Crippen LogP contribution in [0, 0.1) is 0 Å². The molecular formula is C18H15ClN6O3. The molecule has 0 saturated carbocycles. The van der Waals surface area contributed by atoms with Gasteiger partial charge in [-0.1, -0.05) is 28.9 Å². The van der Waals surface area contributed by atoms with E-state index in [2.05, 4.69) is 25.5 Å². The fraction of sp³-hybridized carbons (Fsp3) is 0.167. The third kappa shape index (κ3) is 3.71. The fourth-order valence-corrected chi connectivity index (χ4v) is 2.83. The first-order valence-corrected chi connectivity index (χ1v) is 8.82. The van der Waals surface area contributed by atoms with Crippen LogP contribution in [0.15, 0.2) is 47.2 Å². The first kappa shape index (κ1) is 18.1. The highest BCUT2D eigenvalue weighted by Crippen LogP contribution is 2.24. The predicted octanol–water partition coefficient (Wildman–Crippen LogP) is 1.90. The number of halogens is 1. The van der Waals surface area contributed by atoms with Gasteiger partial charge in [0.25, 0.3) is 5.91 Å². The van der Waals surface area contributed by atoms with Crippen molar-refractivity contribution in [3.8, 4) is 11.4 Å². The fourth-order valence-electron chi connectivity index (χ4n) is 2.61. The van der Waals surface area contributed by atoms with E-state index in [9.17, 15) is 4.79 Å². The Kier molecular flexibility index (Phi) is 5.00. The number of amides is 1. The van der Waals surface area contributed by atoms with Crippen molar-refractivity contribution in [2.24, 2.45) is 0 Å². The zero-order valence-electron chi connectivity index (χ0n) is 14.5. The Balaban J connectivity index is 1.45. The van der Waals surface area contributed by atoms with Gasteiger partial charge in [0, 0.05) is 30.6 Å². The van der Waals surface area contributed by atoms with Gasteiger partial charge in [-0.2, -0.15) is 10.1 Å². The third-order valence-corrected chi connectivity index (χ3v) is 4.31. The highest BCUT2D eigenvalue weighted by Gasteiger charge is 2.15. The molecule has 0 atom stereocenters. The summed E-state index contributed by atoms with van der Waals surface area (Å²) in [5.41, 5.74) is 2.21. The minimum absolute atomic E-state index is 0.0160. The lowest BCUT2D eigenvalue weighted by atomic mass is 10.2. The number of nitrogens with one attached hydrogen (secondary N) is 1. The molecule has 10 heteroatoms. The number of carbonyl (C=O) groups is 1. The number of hydrogen-bond acceptors (Lipinski definition) is 7. The van der Waals surface area contributed by atoms with Gasteiger partial charge in [0.1, 0.15) is 0 Å². The average Bonchev–Trinajstić information content (AvgIpc) is 3.33.